The highest BCUT2D eigenvalue weighted by molar-refractivity contribution is 5.52. The molecule has 3 heterocycles. The van der Waals surface area contributed by atoms with Crippen LogP contribution in [0.5, 0.6) is 5.75 Å². The van der Waals surface area contributed by atoms with Crippen LogP contribution < -0.4 is 15.0 Å². The molecule has 0 aliphatic carbocycles. The second-order valence-electron chi connectivity index (χ2n) is 9.35. The Bertz CT molecular complexity index is 1410. The highest BCUT2D eigenvalue weighted by Crippen LogP contribution is 2.20. The molecule has 2 aromatic carbocycles. The van der Waals surface area contributed by atoms with Gasteiger partial charge >= 0.3 is 0 Å². The maximum Gasteiger partial charge on any atom is 0.224 e. The summed E-state index contributed by atoms with van der Waals surface area (Å²) in [6.45, 7) is 6.44. The van der Waals surface area contributed by atoms with E-state index in [1.165, 1.54) is 12.1 Å². The first kappa shape index (κ1) is 26.3. The Labute approximate surface area is 226 Å². The van der Waals surface area contributed by atoms with E-state index in [2.05, 4.69) is 37.4 Å². The standard InChI is InChI=1S/C29H31F2N7O/c1-21-23(4-3-11-36-12-14-37(15-13-36)26-17-24(30)16-25(31)18-26)20-34-38(21)28-9-10-32-29(35-28)33-19-22-5-7-27(39-2)8-6-22/h3-10,16-18,20H,11-15,19H2,1-2H3,(H,32,33,35)/b4-3+. The number of halogens is 2. The summed E-state index contributed by atoms with van der Waals surface area (Å²) in [7, 11) is 1.65. The molecule has 0 saturated carbocycles. The van der Waals surface area contributed by atoms with Crippen molar-refractivity contribution in [2.45, 2.75) is 13.5 Å². The van der Waals surface area contributed by atoms with Gasteiger partial charge in [0, 0.05) is 68.8 Å². The minimum Gasteiger partial charge on any atom is -0.497 e. The molecule has 1 N–H and O–H groups in total. The number of rotatable bonds is 9. The van der Waals surface area contributed by atoms with Gasteiger partial charge in [0.15, 0.2) is 5.82 Å². The molecule has 1 aliphatic rings. The topological polar surface area (TPSA) is 71.3 Å². The summed E-state index contributed by atoms with van der Waals surface area (Å²) in [5.74, 6) is 0.931. The number of nitrogens with zero attached hydrogens (tertiary/aromatic N) is 6. The lowest BCUT2D eigenvalue weighted by molar-refractivity contribution is 0.284. The summed E-state index contributed by atoms with van der Waals surface area (Å²) in [6.07, 6.45) is 7.73. The van der Waals surface area contributed by atoms with Gasteiger partial charge < -0.3 is 15.0 Å². The van der Waals surface area contributed by atoms with Gasteiger partial charge in [0.2, 0.25) is 5.95 Å². The average molecular weight is 532 g/mol. The maximum atomic E-state index is 13.6. The molecule has 1 fully saturated rings. The molecule has 10 heteroatoms. The lowest BCUT2D eigenvalue weighted by atomic mass is 10.2. The number of methoxy groups -OCH3 is 1. The molecule has 0 unspecified atom stereocenters. The molecule has 8 nitrogen and oxygen atoms in total. The first-order valence-corrected chi connectivity index (χ1v) is 12.8. The monoisotopic (exact) mass is 531 g/mol. The SMILES string of the molecule is COc1ccc(CNc2nccc(-n3ncc(/C=C/CN4CCN(c5cc(F)cc(F)c5)CC4)c3C)n2)cc1. The van der Waals surface area contributed by atoms with E-state index in [9.17, 15) is 8.78 Å². The highest BCUT2D eigenvalue weighted by Gasteiger charge is 2.17. The van der Waals surface area contributed by atoms with Crippen molar-refractivity contribution in [2.24, 2.45) is 0 Å². The van der Waals surface area contributed by atoms with Gasteiger partial charge in [0.25, 0.3) is 0 Å². The van der Waals surface area contributed by atoms with Crippen LogP contribution in [0.1, 0.15) is 16.8 Å². The van der Waals surface area contributed by atoms with Crippen molar-refractivity contribution in [1.82, 2.24) is 24.6 Å². The van der Waals surface area contributed by atoms with Crippen LogP contribution in [-0.2, 0) is 6.54 Å². The Kier molecular flexibility index (Phi) is 8.12. The summed E-state index contributed by atoms with van der Waals surface area (Å²) in [5.41, 5.74) is 3.67. The molecule has 5 rings (SSSR count). The van der Waals surface area contributed by atoms with Gasteiger partial charge in [-0.15, -0.1) is 0 Å². The number of hydrogen-bond acceptors (Lipinski definition) is 7. The molecule has 0 radical (unpaired) electrons. The molecule has 0 spiro atoms. The summed E-state index contributed by atoms with van der Waals surface area (Å²) < 4.78 is 34.1. The van der Waals surface area contributed by atoms with Gasteiger partial charge in [0.05, 0.1) is 19.0 Å². The molecule has 0 bridgehead atoms. The quantitative estimate of drug-likeness (QED) is 0.336. The molecule has 0 amide bonds. The first-order valence-electron chi connectivity index (χ1n) is 12.8. The third-order valence-electron chi connectivity index (χ3n) is 6.76. The third-order valence-corrected chi connectivity index (χ3v) is 6.76. The molecule has 0 atom stereocenters. The number of benzene rings is 2. The predicted octanol–water partition coefficient (Wildman–Crippen LogP) is 4.71. The van der Waals surface area contributed by atoms with Crippen LogP contribution in [0.25, 0.3) is 11.9 Å². The van der Waals surface area contributed by atoms with E-state index >= 15 is 0 Å². The second-order valence-corrected chi connectivity index (χ2v) is 9.35. The molecule has 2 aromatic heterocycles. The number of ether oxygens (including phenoxy) is 1. The van der Waals surface area contributed by atoms with Crippen molar-refractivity contribution >= 4 is 17.7 Å². The van der Waals surface area contributed by atoms with Crippen LogP contribution in [0.3, 0.4) is 0 Å². The molecular formula is C29H31F2N7O. The molecule has 1 aliphatic heterocycles. The van der Waals surface area contributed by atoms with Gasteiger partial charge in [0.1, 0.15) is 17.4 Å². The Morgan fingerprint density at radius 3 is 2.46 bits per heavy atom. The molecule has 4 aromatic rings. The van der Waals surface area contributed by atoms with E-state index in [1.807, 2.05) is 48.4 Å². The molecular weight excluding hydrogens is 500 g/mol. The number of hydrogen-bond donors (Lipinski definition) is 1. The minimum atomic E-state index is -0.547. The van der Waals surface area contributed by atoms with Crippen molar-refractivity contribution in [1.29, 1.82) is 0 Å². The lowest BCUT2D eigenvalue weighted by Gasteiger charge is -2.35. The van der Waals surface area contributed by atoms with E-state index in [1.54, 1.807) is 18.0 Å². The average Bonchev–Trinajstić information content (AvgIpc) is 3.32. The Hall–Kier alpha value is -4.31. The summed E-state index contributed by atoms with van der Waals surface area (Å²) in [4.78, 5) is 13.3. The number of nitrogens with one attached hydrogen (secondary N) is 1. The zero-order chi connectivity index (χ0) is 27.2. The van der Waals surface area contributed by atoms with Gasteiger partial charge in [-0.3, -0.25) is 4.90 Å². The first-order chi connectivity index (χ1) is 19.0. The minimum absolute atomic E-state index is 0.524. The normalized spacial score (nSPS) is 14.2. The fraction of sp³-hybridized carbons (Fsp3) is 0.276. The highest BCUT2D eigenvalue weighted by atomic mass is 19.1. The van der Waals surface area contributed by atoms with Gasteiger partial charge in [-0.2, -0.15) is 10.1 Å². The fourth-order valence-corrected chi connectivity index (χ4v) is 4.53. The largest absolute Gasteiger partial charge is 0.497 e. The third kappa shape index (κ3) is 6.58. The van der Waals surface area contributed by atoms with Crippen LogP contribution in [0.15, 0.2) is 67.0 Å². The van der Waals surface area contributed by atoms with Crippen molar-refractivity contribution in [3.8, 4) is 11.6 Å². The van der Waals surface area contributed by atoms with Crippen LogP contribution in [0.4, 0.5) is 20.4 Å². The Morgan fingerprint density at radius 2 is 1.74 bits per heavy atom. The van der Waals surface area contributed by atoms with Crippen LogP contribution in [0, 0.1) is 18.6 Å². The van der Waals surface area contributed by atoms with Gasteiger partial charge in [-0.05, 0) is 36.8 Å². The second kappa shape index (κ2) is 12.0. The van der Waals surface area contributed by atoms with Crippen molar-refractivity contribution in [3.05, 3.63) is 95.5 Å². The van der Waals surface area contributed by atoms with Crippen LogP contribution >= 0.6 is 0 Å². The smallest absolute Gasteiger partial charge is 0.224 e. The molecule has 1 saturated heterocycles. The predicted molar refractivity (Wildman–Crippen MR) is 148 cm³/mol. The maximum absolute atomic E-state index is 13.6. The van der Waals surface area contributed by atoms with E-state index in [0.717, 1.165) is 61.4 Å². The Balaban J connectivity index is 1.15. The molecule has 39 heavy (non-hydrogen) atoms. The summed E-state index contributed by atoms with van der Waals surface area (Å²) in [6, 6.07) is 13.3. The van der Waals surface area contributed by atoms with Crippen LogP contribution in [0.2, 0.25) is 0 Å². The van der Waals surface area contributed by atoms with Crippen molar-refractivity contribution < 1.29 is 13.5 Å². The number of aromatic nitrogens is 4. The number of piperazine rings is 1. The summed E-state index contributed by atoms with van der Waals surface area (Å²) in [5, 5.41) is 7.80. The van der Waals surface area contributed by atoms with E-state index in [4.69, 9.17) is 4.74 Å². The molecule has 202 valence electrons. The Morgan fingerprint density at radius 1 is 1.00 bits per heavy atom. The lowest BCUT2D eigenvalue weighted by Crippen LogP contribution is -2.46. The van der Waals surface area contributed by atoms with Gasteiger partial charge in [-0.1, -0.05) is 24.3 Å². The summed E-state index contributed by atoms with van der Waals surface area (Å²) >= 11 is 0. The van der Waals surface area contributed by atoms with E-state index in [0.29, 0.717) is 24.0 Å². The van der Waals surface area contributed by atoms with E-state index in [-0.39, 0.29) is 0 Å². The zero-order valence-electron chi connectivity index (χ0n) is 22.0. The van der Waals surface area contributed by atoms with Gasteiger partial charge in [-0.25, -0.2) is 18.4 Å². The van der Waals surface area contributed by atoms with Crippen LogP contribution in [-0.4, -0.2) is 64.5 Å². The van der Waals surface area contributed by atoms with Crippen molar-refractivity contribution in [3.63, 3.8) is 0 Å². The van der Waals surface area contributed by atoms with E-state index < -0.39 is 11.6 Å². The number of anilines is 2. The van der Waals surface area contributed by atoms with Crippen molar-refractivity contribution in [2.75, 3.05) is 50.1 Å². The zero-order valence-corrected chi connectivity index (χ0v) is 22.0. The fourth-order valence-electron chi connectivity index (χ4n) is 4.53.